The lowest BCUT2D eigenvalue weighted by molar-refractivity contribution is 0.327. The van der Waals surface area contributed by atoms with Gasteiger partial charge in [-0.05, 0) is 48.6 Å². The molecule has 1 unspecified atom stereocenters. The van der Waals surface area contributed by atoms with Gasteiger partial charge >= 0.3 is 0 Å². The van der Waals surface area contributed by atoms with Gasteiger partial charge in [0.1, 0.15) is 12.4 Å². The van der Waals surface area contributed by atoms with Crippen LogP contribution in [-0.2, 0) is 0 Å². The van der Waals surface area contributed by atoms with Crippen LogP contribution in [0, 0.1) is 6.92 Å². The molecule has 0 saturated heterocycles. The number of anilines is 1. The molecule has 0 saturated carbocycles. The van der Waals surface area contributed by atoms with E-state index in [0.29, 0.717) is 12.5 Å². The summed E-state index contributed by atoms with van der Waals surface area (Å²) in [5.41, 5.74) is 3.53. The molecule has 1 N–H and O–H groups in total. The lowest BCUT2D eigenvalue weighted by Crippen LogP contribution is -2.13. The number of halogens is 1. The van der Waals surface area contributed by atoms with Gasteiger partial charge in [-0.3, -0.25) is 0 Å². The molecule has 0 aliphatic carbocycles. The van der Waals surface area contributed by atoms with Crippen LogP contribution in [0.15, 0.2) is 42.5 Å². The van der Waals surface area contributed by atoms with Crippen molar-refractivity contribution in [2.24, 2.45) is 0 Å². The zero-order chi connectivity index (χ0) is 15.9. The van der Waals surface area contributed by atoms with Crippen molar-refractivity contribution in [2.75, 3.05) is 18.5 Å². The van der Waals surface area contributed by atoms with Crippen molar-refractivity contribution in [1.29, 1.82) is 0 Å². The molecule has 0 aliphatic heterocycles. The van der Waals surface area contributed by atoms with E-state index in [9.17, 15) is 0 Å². The van der Waals surface area contributed by atoms with Crippen LogP contribution in [0.1, 0.15) is 37.3 Å². The fourth-order valence-electron chi connectivity index (χ4n) is 2.37. The van der Waals surface area contributed by atoms with E-state index in [1.807, 2.05) is 30.3 Å². The van der Waals surface area contributed by atoms with Crippen molar-refractivity contribution in [3.8, 4) is 5.75 Å². The van der Waals surface area contributed by atoms with Gasteiger partial charge in [0.05, 0.1) is 0 Å². The number of aryl methyl sites for hydroxylation is 1. The Hall–Kier alpha value is -1.67. The molecule has 0 bridgehead atoms. The molecule has 0 radical (unpaired) electrons. The van der Waals surface area contributed by atoms with E-state index in [4.69, 9.17) is 16.3 Å². The highest BCUT2D eigenvalue weighted by Crippen LogP contribution is 2.28. The molecule has 0 aliphatic rings. The number of hydrogen-bond donors (Lipinski definition) is 1. The molecule has 118 valence electrons. The Morgan fingerprint density at radius 3 is 2.73 bits per heavy atom. The third-order valence-electron chi connectivity index (χ3n) is 3.94. The van der Waals surface area contributed by atoms with Gasteiger partial charge in [-0.2, -0.15) is 0 Å². The van der Waals surface area contributed by atoms with E-state index >= 15 is 0 Å². The van der Waals surface area contributed by atoms with Gasteiger partial charge in [0, 0.05) is 17.3 Å². The van der Waals surface area contributed by atoms with Crippen molar-refractivity contribution < 1.29 is 4.74 Å². The first kappa shape index (κ1) is 16.7. The summed E-state index contributed by atoms with van der Waals surface area (Å²) in [5.74, 6) is 1.50. The molecule has 2 aromatic carbocycles. The molecule has 1 atom stereocenters. The van der Waals surface area contributed by atoms with Gasteiger partial charge in [0.25, 0.3) is 0 Å². The second-order valence-corrected chi connectivity index (χ2v) is 6.02. The fraction of sp³-hybridized carbons (Fsp3) is 0.368. The average molecular weight is 318 g/mol. The van der Waals surface area contributed by atoms with E-state index in [0.717, 1.165) is 29.4 Å². The Kier molecular flexibility index (Phi) is 6.14. The summed E-state index contributed by atoms with van der Waals surface area (Å²) in [6.07, 6.45) is 1.11. The highest BCUT2D eigenvalue weighted by molar-refractivity contribution is 6.30. The molecule has 22 heavy (non-hydrogen) atoms. The Labute approximate surface area is 138 Å². The minimum Gasteiger partial charge on any atom is -0.491 e. The van der Waals surface area contributed by atoms with Crippen LogP contribution in [0.4, 0.5) is 5.69 Å². The second-order valence-electron chi connectivity index (χ2n) is 5.58. The van der Waals surface area contributed by atoms with E-state index in [1.54, 1.807) is 0 Å². The van der Waals surface area contributed by atoms with Crippen molar-refractivity contribution in [2.45, 2.75) is 33.1 Å². The zero-order valence-electron chi connectivity index (χ0n) is 13.5. The summed E-state index contributed by atoms with van der Waals surface area (Å²) in [6.45, 7) is 7.87. The maximum Gasteiger partial charge on any atom is 0.122 e. The molecule has 0 amide bonds. The van der Waals surface area contributed by atoms with Gasteiger partial charge in [-0.15, -0.1) is 0 Å². The van der Waals surface area contributed by atoms with Crippen LogP contribution >= 0.6 is 11.6 Å². The molecule has 2 nitrogen and oxygen atoms in total. The number of nitrogens with one attached hydrogen (secondary N) is 1. The first-order valence-electron chi connectivity index (χ1n) is 7.83. The SMILES string of the molecule is CCC(C)c1ccccc1OCCNc1cc(Cl)ccc1C. The molecular weight excluding hydrogens is 294 g/mol. The van der Waals surface area contributed by atoms with Gasteiger partial charge in [0.15, 0.2) is 0 Å². The standard InChI is InChI=1S/C19H24ClNO/c1-4-14(2)17-7-5-6-8-19(17)22-12-11-21-18-13-16(20)10-9-15(18)3/h5-10,13-14,21H,4,11-12H2,1-3H3. The number of benzene rings is 2. The van der Waals surface area contributed by atoms with Crippen molar-refractivity contribution in [3.63, 3.8) is 0 Å². The number of hydrogen-bond acceptors (Lipinski definition) is 2. The van der Waals surface area contributed by atoms with Crippen LogP contribution < -0.4 is 10.1 Å². The Morgan fingerprint density at radius 1 is 1.18 bits per heavy atom. The number of rotatable bonds is 7. The topological polar surface area (TPSA) is 21.3 Å². The fourth-order valence-corrected chi connectivity index (χ4v) is 2.54. The first-order valence-corrected chi connectivity index (χ1v) is 8.21. The van der Waals surface area contributed by atoms with Gasteiger partial charge in [-0.1, -0.05) is 49.7 Å². The molecule has 0 heterocycles. The maximum atomic E-state index is 6.03. The summed E-state index contributed by atoms with van der Waals surface area (Å²) >= 11 is 6.03. The van der Waals surface area contributed by atoms with E-state index in [-0.39, 0.29) is 0 Å². The van der Waals surface area contributed by atoms with E-state index < -0.39 is 0 Å². The highest BCUT2D eigenvalue weighted by Gasteiger charge is 2.09. The molecule has 2 aromatic rings. The number of ether oxygens (including phenoxy) is 1. The molecular formula is C19H24ClNO. The minimum atomic E-state index is 0.513. The predicted octanol–water partition coefficient (Wildman–Crippen LogP) is 5.65. The normalized spacial score (nSPS) is 12.0. The molecule has 0 aromatic heterocycles. The maximum absolute atomic E-state index is 6.03. The molecule has 3 heteroatoms. The van der Waals surface area contributed by atoms with Gasteiger partial charge in [0.2, 0.25) is 0 Å². The lowest BCUT2D eigenvalue weighted by atomic mass is 9.98. The largest absolute Gasteiger partial charge is 0.491 e. The summed E-state index contributed by atoms with van der Waals surface area (Å²) in [4.78, 5) is 0. The van der Waals surface area contributed by atoms with Crippen LogP contribution in [-0.4, -0.2) is 13.2 Å². The monoisotopic (exact) mass is 317 g/mol. The van der Waals surface area contributed by atoms with Crippen LogP contribution in [0.25, 0.3) is 0 Å². The summed E-state index contributed by atoms with van der Waals surface area (Å²) in [6, 6.07) is 14.2. The third kappa shape index (κ3) is 4.41. The van der Waals surface area contributed by atoms with Crippen LogP contribution in [0.3, 0.4) is 0 Å². The van der Waals surface area contributed by atoms with Gasteiger partial charge in [-0.25, -0.2) is 0 Å². The summed E-state index contributed by atoms with van der Waals surface area (Å²) in [7, 11) is 0. The number of para-hydroxylation sites is 1. The Balaban J connectivity index is 1.90. The van der Waals surface area contributed by atoms with E-state index in [1.165, 1.54) is 11.1 Å². The lowest BCUT2D eigenvalue weighted by Gasteiger charge is -2.16. The highest BCUT2D eigenvalue weighted by atomic mass is 35.5. The Bertz CT molecular complexity index is 612. The second kappa shape index (κ2) is 8.09. The third-order valence-corrected chi connectivity index (χ3v) is 4.17. The first-order chi connectivity index (χ1) is 10.6. The van der Waals surface area contributed by atoms with Crippen LogP contribution in [0.2, 0.25) is 5.02 Å². The van der Waals surface area contributed by atoms with Crippen molar-refractivity contribution in [1.82, 2.24) is 0 Å². The zero-order valence-corrected chi connectivity index (χ0v) is 14.3. The Morgan fingerprint density at radius 2 is 1.95 bits per heavy atom. The van der Waals surface area contributed by atoms with Crippen molar-refractivity contribution in [3.05, 3.63) is 58.6 Å². The smallest absolute Gasteiger partial charge is 0.122 e. The van der Waals surface area contributed by atoms with Crippen molar-refractivity contribution >= 4 is 17.3 Å². The molecule has 0 fully saturated rings. The summed E-state index contributed by atoms with van der Waals surface area (Å²) in [5, 5.41) is 4.12. The van der Waals surface area contributed by atoms with Crippen LogP contribution in [0.5, 0.6) is 5.75 Å². The molecule has 0 spiro atoms. The van der Waals surface area contributed by atoms with Gasteiger partial charge < -0.3 is 10.1 Å². The summed E-state index contributed by atoms with van der Waals surface area (Å²) < 4.78 is 5.96. The predicted molar refractivity (Wildman–Crippen MR) is 95.3 cm³/mol. The minimum absolute atomic E-state index is 0.513. The van der Waals surface area contributed by atoms with E-state index in [2.05, 4.69) is 38.2 Å². The molecule has 2 rings (SSSR count). The average Bonchev–Trinajstić information content (AvgIpc) is 2.54. The quantitative estimate of drug-likeness (QED) is 0.666.